The molecule has 0 heterocycles. The molecule has 0 aliphatic rings. The second kappa shape index (κ2) is 7.19. The number of hydrogen-bond donors (Lipinski definition) is 1. The molecular weight excluding hydrogens is 206 g/mol. The summed E-state index contributed by atoms with van der Waals surface area (Å²) in [5.74, 6) is 1.77. The summed E-state index contributed by atoms with van der Waals surface area (Å²) >= 11 is 4.14. The predicted octanol–water partition coefficient (Wildman–Crippen LogP) is 3.04. The molecule has 0 atom stereocenters. The van der Waals surface area contributed by atoms with Gasteiger partial charge < -0.3 is 4.74 Å². The van der Waals surface area contributed by atoms with Crippen molar-refractivity contribution in [3.05, 3.63) is 29.8 Å². The van der Waals surface area contributed by atoms with Gasteiger partial charge in [-0.25, -0.2) is 0 Å². The molecule has 0 aliphatic heterocycles. The Bertz CT molecular complexity index is 315. The van der Waals surface area contributed by atoms with Gasteiger partial charge in [-0.05, 0) is 49.3 Å². The van der Waals surface area contributed by atoms with Crippen molar-refractivity contribution in [3.63, 3.8) is 0 Å². The molecule has 0 aromatic heterocycles. The summed E-state index contributed by atoms with van der Waals surface area (Å²) in [6.07, 6.45) is 3.35. The highest BCUT2D eigenvalue weighted by molar-refractivity contribution is 7.80. The molecule has 0 aliphatic carbocycles. The Morgan fingerprint density at radius 2 is 1.87 bits per heavy atom. The van der Waals surface area contributed by atoms with Crippen LogP contribution in [-0.4, -0.2) is 12.4 Å². The average Bonchev–Trinajstić information content (AvgIpc) is 2.30. The van der Waals surface area contributed by atoms with Crippen molar-refractivity contribution in [1.29, 1.82) is 5.26 Å². The topological polar surface area (TPSA) is 33.0 Å². The van der Waals surface area contributed by atoms with Gasteiger partial charge in [0.05, 0.1) is 18.2 Å². The van der Waals surface area contributed by atoms with Crippen LogP contribution < -0.4 is 4.74 Å². The monoisotopic (exact) mass is 221 g/mol. The van der Waals surface area contributed by atoms with Gasteiger partial charge in [0.25, 0.3) is 0 Å². The molecule has 0 saturated heterocycles. The zero-order chi connectivity index (χ0) is 10.9. The van der Waals surface area contributed by atoms with Crippen LogP contribution in [0.2, 0.25) is 0 Å². The minimum Gasteiger partial charge on any atom is -0.494 e. The first-order valence-electron chi connectivity index (χ1n) is 5.10. The lowest BCUT2D eigenvalue weighted by Gasteiger charge is -2.05. The molecular formula is C12H15NOS. The molecule has 0 unspecified atom stereocenters. The highest BCUT2D eigenvalue weighted by Crippen LogP contribution is 2.12. The summed E-state index contributed by atoms with van der Waals surface area (Å²) < 4.78 is 5.52. The van der Waals surface area contributed by atoms with Crippen LogP contribution in [0.1, 0.15) is 24.8 Å². The van der Waals surface area contributed by atoms with Crippen molar-refractivity contribution in [3.8, 4) is 11.8 Å². The van der Waals surface area contributed by atoms with E-state index in [0.717, 1.165) is 37.4 Å². The Morgan fingerprint density at radius 3 is 2.47 bits per heavy atom. The highest BCUT2D eigenvalue weighted by atomic mass is 32.1. The maximum Gasteiger partial charge on any atom is 0.119 e. The summed E-state index contributed by atoms with van der Waals surface area (Å²) in [4.78, 5) is 0. The number of ether oxygens (including phenoxy) is 1. The molecule has 3 heteroatoms. The van der Waals surface area contributed by atoms with E-state index in [9.17, 15) is 0 Å². The van der Waals surface area contributed by atoms with Crippen LogP contribution in [-0.2, 0) is 0 Å². The normalized spacial score (nSPS) is 9.60. The Kier molecular flexibility index (Phi) is 5.72. The zero-order valence-electron chi connectivity index (χ0n) is 8.65. The molecule has 0 amide bonds. The summed E-state index contributed by atoms with van der Waals surface area (Å²) in [5.41, 5.74) is 0.664. The fraction of sp³-hybridized carbons (Fsp3) is 0.417. The first-order chi connectivity index (χ1) is 7.36. The van der Waals surface area contributed by atoms with Crippen LogP contribution in [0.15, 0.2) is 24.3 Å². The van der Waals surface area contributed by atoms with Crippen molar-refractivity contribution in [2.24, 2.45) is 0 Å². The largest absolute Gasteiger partial charge is 0.494 e. The molecule has 1 aromatic carbocycles. The van der Waals surface area contributed by atoms with E-state index < -0.39 is 0 Å². The summed E-state index contributed by atoms with van der Waals surface area (Å²) in [6.45, 7) is 0.736. The van der Waals surface area contributed by atoms with Crippen molar-refractivity contribution >= 4 is 12.6 Å². The third-order valence-electron chi connectivity index (χ3n) is 2.05. The molecule has 1 rings (SSSR count). The van der Waals surface area contributed by atoms with E-state index >= 15 is 0 Å². The average molecular weight is 221 g/mol. The van der Waals surface area contributed by atoms with E-state index in [2.05, 4.69) is 18.7 Å². The van der Waals surface area contributed by atoms with Crippen LogP contribution in [0.25, 0.3) is 0 Å². The molecule has 80 valence electrons. The standard InChI is InChI=1S/C12H15NOS/c13-10-11-4-6-12(7-5-11)14-8-2-1-3-9-15/h4-7,15H,1-3,8-9H2. The number of nitriles is 1. The minimum atomic E-state index is 0.664. The first-order valence-corrected chi connectivity index (χ1v) is 5.74. The van der Waals surface area contributed by atoms with E-state index in [4.69, 9.17) is 10.00 Å². The Balaban J connectivity index is 2.23. The third-order valence-corrected chi connectivity index (χ3v) is 2.37. The van der Waals surface area contributed by atoms with Crippen molar-refractivity contribution in [1.82, 2.24) is 0 Å². The van der Waals surface area contributed by atoms with Gasteiger partial charge in [0.2, 0.25) is 0 Å². The zero-order valence-corrected chi connectivity index (χ0v) is 9.54. The van der Waals surface area contributed by atoms with Crippen LogP contribution in [0.3, 0.4) is 0 Å². The van der Waals surface area contributed by atoms with Crippen molar-refractivity contribution in [2.75, 3.05) is 12.4 Å². The van der Waals surface area contributed by atoms with E-state index in [0.29, 0.717) is 5.56 Å². The van der Waals surface area contributed by atoms with E-state index in [1.807, 2.05) is 12.1 Å². The predicted molar refractivity (Wildman–Crippen MR) is 64.4 cm³/mol. The number of rotatable bonds is 6. The molecule has 0 N–H and O–H groups in total. The van der Waals surface area contributed by atoms with Crippen LogP contribution >= 0.6 is 12.6 Å². The van der Waals surface area contributed by atoms with Crippen molar-refractivity contribution < 1.29 is 4.74 Å². The number of hydrogen-bond acceptors (Lipinski definition) is 3. The second-order valence-electron chi connectivity index (χ2n) is 3.27. The van der Waals surface area contributed by atoms with Gasteiger partial charge in [0.15, 0.2) is 0 Å². The Hall–Kier alpha value is -1.14. The van der Waals surface area contributed by atoms with Gasteiger partial charge in [0, 0.05) is 0 Å². The van der Waals surface area contributed by atoms with Gasteiger partial charge in [-0.1, -0.05) is 0 Å². The molecule has 2 nitrogen and oxygen atoms in total. The van der Waals surface area contributed by atoms with Gasteiger partial charge in [-0.15, -0.1) is 0 Å². The maximum atomic E-state index is 8.60. The SMILES string of the molecule is N#Cc1ccc(OCCCCCS)cc1. The summed E-state index contributed by atoms with van der Waals surface area (Å²) in [5, 5.41) is 8.60. The lowest BCUT2D eigenvalue weighted by molar-refractivity contribution is 0.306. The molecule has 15 heavy (non-hydrogen) atoms. The smallest absolute Gasteiger partial charge is 0.119 e. The summed E-state index contributed by atoms with van der Waals surface area (Å²) in [7, 11) is 0. The number of benzene rings is 1. The first kappa shape index (κ1) is 11.9. The lowest BCUT2D eigenvalue weighted by atomic mass is 10.2. The Labute approximate surface area is 96.3 Å². The van der Waals surface area contributed by atoms with E-state index in [-0.39, 0.29) is 0 Å². The lowest BCUT2D eigenvalue weighted by Crippen LogP contribution is -1.97. The fourth-order valence-electron chi connectivity index (χ4n) is 1.21. The van der Waals surface area contributed by atoms with Gasteiger partial charge in [0.1, 0.15) is 5.75 Å². The van der Waals surface area contributed by atoms with Crippen LogP contribution in [0.5, 0.6) is 5.75 Å². The Morgan fingerprint density at radius 1 is 1.13 bits per heavy atom. The highest BCUT2D eigenvalue weighted by Gasteiger charge is 1.94. The number of unbranched alkanes of at least 4 members (excludes halogenated alkanes) is 2. The van der Waals surface area contributed by atoms with E-state index in [1.165, 1.54) is 0 Å². The molecule has 1 aromatic rings. The maximum absolute atomic E-state index is 8.60. The number of thiol groups is 1. The van der Waals surface area contributed by atoms with Crippen LogP contribution in [0, 0.1) is 11.3 Å². The van der Waals surface area contributed by atoms with Gasteiger partial charge in [-0.2, -0.15) is 17.9 Å². The van der Waals surface area contributed by atoms with E-state index in [1.54, 1.807) is 12.1 Å². The van der Waals surface area contributed by atoms with Gasteiger partial charge in [-0.3, -0.25) is 0 Å². The molecule has 0 radical (unpaired) electrons. The van der Waals surface area contributed by atoms with Gasteiger partial charge >= 0.3 is 0 Å². The summed E-state index contributed by atoms with van der Waals surface area (Å²) in [6, 6.07) is 9.27. The molecule has 0 fully saturated rings. The second-order valence-corrected chi connectivity index (χ2v) is 3.72. The molecule has 0 saturated carbocycles. The van der Waals surface area contributed by atoms with Crippen molar-refractivity contribution in [2.45, 2.75) is 19.3 Å². The number of nitrogens with zero attached hydrogens (tertiary/aromatic N) is 1. The van der Waals surface area contributed by atoms with Crippen LogP contribution in [0.4, 0.5) is 0 Å². The quantitative estimate of drug-likeness (QED) is 0.591. The molecule has 0 bridgehead atoms. The molecule has 0 spiro atoms. The third kappa shape index (κ3) is 4.75. The fourth-order valence-corrected chi connectivity index (χ4v) is 1.43. The minimum absolute atomic E-state index is 0.664.